The van der Waals surface area contributed by atoms with E-state index in [4.69, 9.17) is 9.47 Å². The fourth-order valence-electron chi connectivity index (χ4n) is 2.76. The number of benzene rings is 1. The second kappa shape index (κ2) is 8.40. The Morgan fingerprint density at radius 2 is 1.88 bits per heavy atom. The number of rotatable bonds is 4. The third-order valence-corrected chi connectivity index (χ3v) is 4.08. The van der Waals surface area contributed by atoms with E-state index >= 15 is 0 Å². The maximum absolute atomic E-state index is 12.1. The van der Waals surface area contributed by atoms with Crippen molar-refractivity contribution in [1.82, 2.24) is 9.80 Å². The summed E-state index contributed by atoms with van der Waals surface area (Å²) in [6.45, 7) is 6.43. The van der Waals surface area contributed by atoms with Crippen LogP contribution in [-0.4, -0.2) is 65.5 Å². The highest BCUT2D eigenvalue weighted by Gasteiger charge is 2.37. The van der Waals surface area contributed by atoms with Crippen LogP contribution in [-0.2, 0) is 16.1 Å². The third-order valence-electron chi connectivity index (χ3n) is 4.08. The highest BCUT2D eigenvalue weighted by atomic mass is 16.6. The van der Waals surface area contributed by atoms with Crippen molar-refractivity contribution >= 4 is 12.2 Å². The van der Waals surface area contributed by atoms with Crippen LogP contribution in [0, 0.1) is 5.92 Å². The Hall–Kier alpha value is -2.28. The maximum Gasteiger partial charge on any atom is 0.410 e. The molecule has 2 atom stereocenters. The van der Waals surface area contributed by atoms with Crippen LogP contribution in [0.5, 0.6) is 0 Å². The van der Waals surface area contributed by atoms with E-state index in [-0.39, 0.29) is 19.1 Å². The van der Waals surface area contributed by atoms with Gasteiger partial charge >= 0.3 is 12.2 Å². The highest BCUT2D eigenvalue weighted by molar-refractivity contribution is 5.69. The minimum absolute atomic E-state index is 0.196. The van der Waals surface area contributed by atoms with E-state index in [0.717, 1.165) is 5.56 Å². The van der Waals surface area contributed by atoms with Crippen LogP contribution < -0.4 is 0 Å². The van der Waals surface area contributed by atoms with Gasteiger partial charge in [0.1, 0.15) is 12.2 Å². The number of aliphatic hydroxyl groups is 1. The molecule has 1 fully saturated rings. The molecule has 0 aliphatic carbocycles. The molecule has 2 amide bonds. The maximum atomic E-state index is 12.1. The number of ether oxygens (including phenoxy) is 2. The Kier molecular flexibility index (Phi) is 6.47. The Balaban J connectivity index is 1.81. The molecule has 1 N–H and O–H groups in total. The summed E-state index contributed by atoms with van der Waals surface area (Å²) in [5.74, 6) is -0.239. The van der Waals surface area contributed by atoms with Crippen molar-refractivity contribution in [3.05, 3.63) is 35.9 Å². The van der Waals surface area contributed by atoms with Crippen molar-refractivity contribution < 1.29 is 24.2 Å². The van der Waals surface area contributed by atoms with Crippen LogP contribution in [0.25, 0.3) is 0 Å². The number of amides is 2. The first kappa shape index (κ1) is 20.0. The van der Waals surface area contributed by atoms with Gasteiger partial charge in [-0.2, -0.15) is 0 Å². The van der Waals surface area contributed by atoms with Crippen LogP contribution in [0.3, 0.4) is 0 Å². The second-order valence-electron chi connectivity index (χ2n) is 7.63. The SMILES string of the molecule is CN(C[C@H]1CN(C(=O)OC(C)(C)C)C[C@@H]1O)C(=O)OCc1ccccc1. The van der Waals surface area contributed by atoms with E-state index in [2.05, 4.69) is 0 Å². The molecule has 0 saturated carbocycles. The molecule has 0 bridgehead atoms. The van der Waals surface area contributed by atoms with Gasteiger partial charge in [0.15, 0.2) is 0 Å². The number of carbonyl (C=O) groups is 2. The van der Waals surface area contributed by atoms with Gasteiger partial charge in [-0.3, -0.25) is 0 Å². The molecule has 1 aromatic rings. The van der Waals surface area contributed by atoms with E-state index in [9.17, 15) is 14.7 Å². The molecule has 1 aliphatic heterocycles. The van der Waals surface area contributed by atoms with E-state index in [0.29, 0.717) is 13.1 Å². The van der Waals surface area contributed by atoms with Crippen molar-refractivity contribution in [2.24, 2.45) is 5.92 Å². The highest BCUT2D eigenvalue weighted by Crippen LogP contribution is 2.21. The topological polar surface area (TPSA) is 79.3 Å². The van der Waals surface area contributed by atoms with E-state index < -0.39 is 23.9 Å². The molecule has 1 aromatic carbocycles. The Bertz CT molecular complexity index is 614. The van der Waals surface area contributed by atoms with Gasteiger partial charge in [0, 0.05) is 26.1 Å². The predicted molar refractivity (Wildman–Crippen MR) is 96.6 cm³/mol. The lowest BCUT2D eigenvalue weighted by Gasteiger charge is -2.25. The standard InChI is InChI=1S/C19H28N2O5/c1-19(2,3)26-18(24)21-11-15(16(22)12-21)10-20(4)17(23)25-13-14-8-6-5-7-9-14/h5-9,15-16,22H,10-13H2,1-4H3/t15-,16-/m0/s1. The summed E-state index contributed by atoms with van der Waals surface area (Å²) in [5, 5.41) is 10.2. The summed E-state index contributed by atoms with van der Waals surface area (Å²) < 4.78 is 10.6. The molecular weight excluding hydrogens is 336 g/mol. The number of carbonyl (C=O) groups excluding carboxylic acids is 2. The molecule has 7 heteroatoms. The average Bonchev–Trinajstić information content (AvgIpc) is 2.93. The average molecular weight is 364 g/mol. The summed E-state index contributed by atoms with van der Waals surface area (Å²) in [4.78, 5) is 27.2. The quantitative estimate of drug-likeness (QED) is 0.888. The minimum Gasteiger partial charge on any atom is -0.445 e. The van der Waals surface area contributed by atoms with E-state index in [1.54, 1.807) is 27.8 Å². The number of aliphatic hydroxyl groups excluding tert-OH is 1. The van der Waals surface area contributed by atoms with Crippen molar-refractivity contribution in [3.8, 4) is 0 Å². The smallest absolute Gasteiger partial charge is 0.410 e. The lowest BCUT2D eigenvalue weighted by Crippen LogP contribution is -2.37. The fraction of sp³-hybridized carbons (Fsp3) is 0.579. The Morgan fingerprint density at radius 3 is 2.50 bits per heavy atom. The summed E-state index contributed by atoms with van der Waals surface area (Å²) in [5.41, 5.74) is 0.323. The van der Waals surface area contributed by atoms with Crippen molar-refractivity contribution in [2.75, 3.05) is 26.7 Å². The summed E-state index contributed by atoms with van der Waals surface area (Å²) in [6.07, 6.45) is -1.61. The van der Waals surface area contributed by atoms with Crippen molar-refractivity contribution in [2.45, 2.75) is 39.1 Å². The van der Waals surface area contributed by atoms with E-state index in [1.807, 2.05) is 30.3 Å². The first-order chi connectivity index (χ1) is 12.2. The Morgan fingerprint density at radius 1 is 1.23 bits per heavy atom. The molecule has 0 unspecified atom stereocenters. The van der Waals surface area contributed by atoms with Gasteiger partial charge in [-0.15, -0.1) is 0 Å². The van der Waals surface area contributed by atoms with Crippen LogP contribution in [0.2, 0.25) is 0 Å². The fourth-order valence-corrected chi connectivity index (χ4v) is 2.76. The van der Waals surface area contributed by atoms with Gasteiger partial charge in [-0.05, 0) is 26.3 Å². The van der Waals surface area contributed by atoms with Crippen molar-refractivity contribution in [1.29, 1.82) is 0 Å². The molecule has 1 heterocycles. The molecule has 2 rings (SSSR count). The second-order valence-corrected chi connectivity index (χ2v) is 7.63. The molecule has 26 heavy (non-hydrogen) atoms. The molecule has 1 aliphatic rings. The number of hydrogen-bond acceptors (Lipinski definition) is 5. The third kappa shape index (κ3) is 5.91. The minimum atomic E-state index is -0.702. The predicted octanol–water partition coefficient (Wildman–Crippen LogP) is 2.48. The van der Waals surface area contributed by atoms with Crippen LogP contribution >= 0.6 is 0 Å². The van der Waals surface area contributed by atoms with Crippen LogP contribution in [0.4, 0.5) is 9.59 Å². The molecule has 0 spiro atoms. The monoisotopic (exact) mass is 364 g/mol. The number of nitrogens with zero attached hydrogens (tertiary/aromatic N) is 2. The van der Waals surface area contributed by atoms with Gasteiger partial charge in [0.25, 0.3) is 0 Å². The lowest BCUT2D eigenvalue weighted by molar-refractivity contribution is 0.0269. The van der Waals surface area contributed by atoms with E-state index in [1.165, 1.54) is 9.80 Å². The van der Waals surface area contributed by atoms with Gasteiger partial charge in [-0.1, -0.05) is 30.3 Å². The number of hydrogen-bond donors (Lipinski definition) is 1. The first-order valence-corrected chi connectivity index (χ1v) is 8.73. The van der Waals surface area contributed by atoms with Crippen LogP contribution in [0.15, 0.2) is 30.3 Å². The number of β-amino-alcohol motifs (C(OH)–C–C–N with tert-alkyl or cyclic N) is 1. The normalized spacial score (nSPS) is 20.0. The van der Waals surface area contributed by atoms with Crippen molar-refractivity contribution in [3.63, 3.8) is 0 Å². The zero-order chi connectivity index (χ0) is 19.3. The Labute approximate surface area is 154 Å². The lowest BCUT2D eigenvalue weighted by atomic mass is 10.1. The molecule has 7 nitrogen and oxygen atoms in total. The van der Waals surface area contributed by atoms with Gasteiger partial charge < -0.3 is 24.4 Å². The summed E-state index contributed by atoms with van der Waals surface area (Å²) in [6, 6.07) is 9.43. The van der Waals surface area contributed by atoms with Crippen LogP contribution in [0.1, 0.15) is 26.3 Å². The molecule has 1 saturated heterocycles. The zero-order valence-electron chi connectivity index (χ0n) is 15.8. The summed E-state index contributed by atoms with van der Waals surface area (Å²) >= 11 is 0. The van der Waals surface area contributed by atoms with Gasteiger partial charge in [0.05, 0.1) is 12.6 Å². The van der Waals surface area contributed by atoms with Gasteiger partial charge in [0.2, 0.25) is 0 Å². The largest absolute Gasteiger partial charge is 0.445 e. The molecular formula is C19H28N2O5. The first-order valence-electron chi connectivity index (χ1n) is 8.73. The molecule has 0 aromatic heterocycles. The number of likely N-dealkylation sites (tertiary alicyclic amines) is 1. The zero-order valence-corrected chi connectivity index (χ0v) is 15.8. The molecule has 0 radical (unpaired) electrons. The molecule has 144 valence electrons. The van der Waals surface area contributed by atoms with Gasteiger partial charge in [-0.25, -0.2) is 9.59 Å². The summed E-state index contributed by atoms with van der Waals surface area (Å²) in [7, 11) is 1.62.